The van der Waals surface area contributed by atoms with Crippen molar-refractivity contribution in [3.05, 3.63) is 0 Å². The Balaban J connectivity index is 2.46. The summed E-state index contributed by atoms with van der Waals surface area (Å²) in [5.41, 5.74) is 0. The molecule has 0 amide bonds. The molecule has 14 heavy (non-hydrogen) atoms. The van der Waals surface area contributed by atoms with Gasteiger partial charge in [-0.05, 0) is 13.8 Å². The van der Waals surface area contributed by atoms with Gasteiger partial charge in [0.05, 0.1) is 6.61 Å². The van der Waals surface area contributed by atoms with Crippen molar-refractivity contribution >= 4 is 23.2 Å². The molecule has 0 aliphatic carbocycles. The van der Waals surface area contributed by atoms with Crippen molar-refractivity contribution in [2.45, 2.75) is 19.9 Å². The Morgan fingerprint density at radius 2 is 2.50 bits per heavy atom. The summed E-state index contributed by atoms with van der Waals surface area (Å²) in [6.45, 7) is 4.70. The first-order chi connectivity index (χ1) is 6.65. The van der Waals surface area contributed by atoms with Crippen molar-refractivity contribution in [2.24, 2.45) is 0 Å². The van der Waals surface area contributed by atoms with E-state index in [0.29, 0.717) is 19.8 Å². The van der Waals surface area contributed by atoms with Crippen LogP contribution in [0.4, 0.5) is 4.79 Å². The van der Waals surface area contributed by atoms with E-state index in [1.165, 1.54) is 0 Å². The lowest BCUT2D eigenvalue weighted by Gasteiger charge is -2.27. The van der Waals surface area contributed by atoms with E-state index in [4.69, 9.17) is 9.47 Å². The van der Waals surface area contributed by atoms with Crippen LogP contribution in [0.15, 0.2) is 0 Å². The molecule has 1 atom stereocenters. The van der Waals surface area contributed by atoms with Gasteiger partial charge in [0.25, 0.3) is 0 Å². The molecular weight excluding hydrogens is 206 g/mol. The maximum atomic E-state index is 11.3. The third-order valence-electron chi connectivity index (χ3n) is 1.78. The molecule has 0 N–H and O–H groups in total. The van der Waals surface area contributed by atoms with Crippen LogP contribution in [0.1, 0.15) is 13.8 Å². The van der Waals surface area contributed by atoms with Crippen molar-refractivity contribution in [3.63, 3.8) is 0 Å². The standard InChI is InChI=1S/C8H13NO4S/c1-3-12-7(10)6(2)9-4-5-13-8(11)14-9/h6H,3-5H2,1-2H3. The van der Waals surface area contributed by atoms with Gasteiger partial charge in [0, 0.05) is 18.5 Å². The minimum Gasteiger partial charge on any atom is -0.465 e. The molecule has 1 saturated heterocycles. The molecule has 1 unspecified atom stereocenters. The first-order valence-electron chi connectivity index (χ1n) is 4.43. The van der Waals surface area contributed by atoms with E-state index >= 15 is 0 Å². The molecule has 0 spiro atoms. The number of rotatable bonds is 3. The zero-order valence-corrected chi connectivity index (χ0v) is 9.00. The predicted octanol–water partition coefficient (Wildman–Crippen LogP) is 1.04. The molecule has 0 aromatic rings. The van der Waals surface area contributed by atoms with Crippen LogP contribution >= 0.6 is 11.9 Å². The molecular formula is C8H13NO4S. The van der Waals surface area contributed by atoms with Crippen molar-refractivity contribution in [2.75, 3.05) is 19.8 Å². The maximum Gasteiger partial charge on any atom is 0.382 e. The molecule has 1 fully saturated rings. The summed E-state index contributed by atoms with van der Waals surface area (Å²) in [5, 5.41) is -0.368. The summed E-state index contributed by atoms with van der Waals surface area (Å²) in [7, 11) is 0. The minimum atomic E-state index is -0.409. The lowest BCUT2D eigenvalue weighted by molar-refractivity contribution is -0.147. The summed E-state index contributed by atoms with van der Waals surface area (Å²) in [6.07, 6.45) is 0. The Morgan fingerprint density at radius 1 is 1.79 bits per heavy atom. The minimum absolute atomic E-state index is 0.310. The topological polar surface area (TPSA) is 55.8 Å². The molecule has 80 valence electrons. The lowest BCUT2D eigenvalue weighted by atomic mass is 10.3. The fourth-order valence-corrected chi connectivity index (χ4v) is 1.78. The van der Waals surface area contributed by atoms with E-state index in [1.54, 1.807) is 18.2 Å². The van der Waals surface area contributed by atoms with E-state index in [-0.39, 0.29) is 11.3 Å². The predicted molar refractivity (Wildman–Crippen MR) is 51.7 cm³/mol. The average molecular weight is 219 g/mol. The van der Waals surface area contributed by atoms with Gasteiger partial charge >= 0.3 is 11.3 Å². The first-order valence-corrected chi connectivity index (χ1v) is 5.20. The van der Waals surface area contributed by atoms with Crippen LogP contribution in [0.3, 0.4) is 0 Å². The fraction of sp³-hybridized carbons (Fsp3) is 0.750. The van der Waals surface area contributed by atoms with Gasteiger partial charge in [-0.25, -0.2) is 9.10 Å². The van der Waals surface area contributed by atoms with Gasteiger partial charge in [-0.2, -0.15) is 0 Å². The fourth-order valence-electron chi connectivity index (χ4n) is 1.04. The van der Waals surface area contributed by atoms with Gasteiger partial charge in [0.15, 0.2) is 0 Å². The number of ether oxygens (including phenoxy) is 2. The van der Waals surface area contributed by atoms with Gasteiger partial charge in [-0.3, -0.25) is 4.79 Å². The highest BCUT2D eigenvalue weighted by molar-refractivity contribution is 8.11. The van der Waals surface area contributed by atoms with E-state index in [1.807, 2.05) is 0 Å². The Bertz CT molecular complexity index is 233. The van der Waals surface area contributed by atoms with E-state index in [2.05, 4.69) is 0 Å². The van der Waals surface area contributed by atoms with Crippen LogP contribution in [-0.2, 0) is 14.3 Å². The lowest BCUT2D eigenvalue weighted by Crippen LogP contribution is -2.40. The molecule has 0 bridgehead atoms. The molecule has 0 aromatic heterocycles. The Kier molecular flexibility index (Phi) is 4.21. The zero-order valence-electron chi connectivity index (χ0n) is 8.19. The largest absolute Gasteiger partial charge is 0.465 e. The molecule has 0 aromatic carbocycles. The van der Waals surface area contributed by atoms with Crippen LogP contribution in [0.2, 0.25) is 0 Å². The van der Waals surface area contributed by atoms with Gasteiger partial charge in [-0.15, -0.1) is 0 Å². The summed E-state index contributed by atoms with van der Waals surface area (Å²) in [4.78, 5) is 22.2. The van der Waals surface area contributed by atoms with Crippen LogP contribution in [-0.4, -0.2) is 41.4 Å². The SMILES string of the molecule is CCOC(=O)C(C)N1CCOC(=O)S1. The van der Waals surface area contributed by atoms with Crippen molar-refractivity contribution < 1.29 is 19.1 Å². The molecule has 1 aliphatic rings. The van der Waals surface area contributed by atoms with Crippen molar-refractivity contribution in [3.8, 4) is 0 Å². The summed E-state index contributed by atoms with van der Waals surface area (Å²) >= 11 is 0.920. The van der Waals surface area contributed by atoms with Crippen molar-refractivity contribution in [1.82, 2.24) is 4.31 Å². The molecule has 0 saturated carbocycles. The number of esters is 1. The molecule has 0 radical (unpaired) electrons. The van der Waals surface area contributed by atoms with Gasteiger partial charge < -0.3 is 9.47 Å². The number of hydrogen-bond donors (Lipinski definition) is 0. The number of nitrogens with zero attached hydrogens (tertiary/aromatic N) is 1. The number of hydrogen-bond acceptors (Lipinski definition) is 6. The number of carbonyl (C=O) groups is 2. The van der Waals surface area contributed by atoms with Crippen LogP contribution in [0, 0.1) is 0 Å². The second-order valence-electron chi connectivity index (χ2n) is 2.76. The van der Waals surface area contributed by atoms with Crippen LogP contribution in [0.25, 0.3) is 0 Å². The van der Waals surface area contributed by atoms with E-state index < -0.39 is 6.04 Å². The second kappa shape index (κ2) is 5.21. The highest BCUT2D eigenvalue weighted by Gasteiger charge is 2.28. The normalized spacial score (nSPS) is 20.0. The molecule has 6 heteroatoms. The highest BCUT2D eigenvalue weighted by atomic mass is 32.2. The van der Waals surface area contributed by atoms with Gasteiger partial charge in [-0.1, -0.05) is 0 Å². The Labute approximate surface area is 86.9 Å². The maximum absolute atomic E-state index is 11.3. The summed E-state index contributed by atoms with van der Waals surface area (Å²) in [6, 6.07) is -0.409. The average Bonchev–Trinajstić information content (AvgIpc) is 2.17. The first kappa shape index (κ1) is 11.3. The van der Waals surface area contributed by atoms with E-state index in [0.717, 1.165) is 11.9 Å². The second-order valence-corrected chi connectivity index (χ2v) is 3.74. The van der Waals surface area contributed by atoms with Crippen LogP contribution < -0.4 is 0 Å². The Morgan fingerprint density at radius 3 is 3.07 bits per heavy atom. The number of cyclic esters (lactones) is 1. The Hall–Kier alpha value is -0.750. The smallest absolute Gasteiger partial charge is 0.382 e. The zero-order chi connectivity index (χ0) is 10.6. The molecule has 1 rings (SSSR count). The summed E-state index contributed by atoms with van der Waals surface area (Å²) < 4.78 is 11.2. The highest BCUT2D eigenvalue weighted by Crippen LogP contribution is 2.21. The van der Waals surface area contributed by atoms with Crippen LogP contribution in [0.5, 0.6) is 0 Å². The molecule has 1 heterocycles. The quantitative estimate of drug-likeness (QED) is 0.522. The monoisotopic (exact) mass is 219 g/mol. The summed E-state index contributed by atoms with van der Waals surface area (Å²) in [5.74, 6) is -0.310. The molecule has 5 nitrogen and oxygen atoms in total. The van der Waals surface area contributed by atoms with Gasteiger partial charge in [0.1, 0.15) is 12.6 Å². The third kappa shape index (κ3) is 2.88. The number of carbonyl (C=O) groups excluding carboxylic acids is 2. The van der Waals surface area contributed by atoms with E-state index in [9.17, 15) is 9.59 Å². The molecule has 1 aliphatic heterocycles. The third-order valence-corrected chi connectivity index (χ3v) is 2.78. The van der Waals surface area contributed by atoms with Crippen molar-refractivity contribution in [1.29, 1.82) is 0 Å². The van der Waals surface area contributed by atoms with Gasteiger partial charge in [0.2, 0.25) is 0 Å².